The second kappa shape index (κ2) is 8.11. The van der Waals surface area contributed by atoms with Crippen LogP contribution in [0.2, 0.25) is 0 Å². The van der Waals surface area contributed by atoms with Crippen LogP contribution in [0.15, 0.2) is 72.5 Å². The van der Waals surface area contributed by atoms with Gasteiger partial charge in [-0.15, -0.1) is 0 Å². The van der Waals surface area contributed by atoms with Crippen LogP contribution in [0.25, 0.3) is 6.08 Å². The molecule has 4 rings (SSSR count). The van der Waals surface area contributed by atoms with Crippen LogP contribution in [-0.2, 0) is 0 Å². The number of ketones is 1. The molecule has 0 bridgehead atoms. The molecule has 3 aromatic rings. The number of benzene rings is 3. The Morgan fingerprint density at radius 1 is 0.906 bits per heavy atom. The number of non-ortho nitro benzene ring substituents is 2. The Hall–Kier alpha value is -4.86. The minimum atomic E-state index is -0.806. The summed E-state index contributed by atoms with van der Waals surface area (Å²) < 4.78 is 10.8. The number of ether oxygens (including phenoxy) is 2. The standard InChI is InChI=1S/C22H12N2O8/c25-21-18-9-8-17(31-22(26)14-2-1-3-16(11-14)24(29)30)12-19(18)32-20(21)10-13-4-6-15(7-5-13)23(27)28/h1-12H. The zero-order valence-corrected chi connectivity index (χ0v) is 16.1. The van der Waals surface area contributed by atoms with Gasteiger partial charge in [0, 0.05) is 30.3 Å². The number of rotatable bonds is 5. The predicted octanol–water partition coefficient (Wildman–Crippen LogP) is 4.34. The van der Waals surface area contributed by atoms with E-state index in [0.29, 0.717) is 5.56 Å². The molecule has 1 aliphatic heterocycles. The first-order chi connectivity index (χ1) is 15.3. The predicted molar refractivity (Wildman–Crippen MR) is 111 cm³/mol. The summed E-state index contributed by atoms with van der Waals surface area (Å²) in [6, 6.07) is 14.9. The second-order valence-electron chi connectivity index (χ2n) is 6.64. The number of carbonyl (C=O) groups is 2. The highest BCUT2D eigenvalue weighted by Gasteiger charge is 2.28. The van der Waals surface area contributed by atoms with E-state index in [4.69, 9.17) is 9.47 Å². The summed E-state index contributed by atoms with van der Waals surface area (Å²) in [5.41, 5.74) is 0.459. The van der Waals surface area contributed by atoms with Gasteiger partial charge in [-0.25, -0.2) is 4.79 Å². The molecule has 3 aromatic carbocycles. The molecular formula is C22H12N2O8. The number of Topliss-reactive ketones (excluding diaryl/α,β-unsaturated/α-hetero) is 1. The van der Waals surface area contributed by atoms with Gasteiger partial charge in [-0.1, -0.05) is 6.07 Å². The third kappa shape index (κ3) is 4.05. The highest BCUT2D eigenvalue weighted by molar-refractivity contribution is 6.14. The van der Waals surface area contributed by atoms with Crippen LogP contribution in [-0.4, -0.2) is 21.6 Å². The first-order valence-corrected chi connectivity index (χ1v) is 9.11. The molecule has 0 spiro atoms. The number of fused-ring (bicyclic) bond motifs is 1. The Bertz CT molecular complexity index is 1310. The summed E-state index contributed by atoms with van der Waals surface area (Å²) in [4.78, 5) is 45.4. The number of hydrogen-bond donors (Lipinski definition) is 0. The van der Waals surface area contributed by atoms with Crippen molar-refractivity contribution < 1.29 is 28.9 Å². The Kier molecular flexibility index (Phi) is 5.17. The summed E-state index contributed by atoms with van der Waals surface area (Å²) in [5.74, 6) is -0.928. The van der Waals surface area contributed by atoms with E-state index in [1.54, 1.807) is 0 Å². The van der Waals surface area contributed by atoms with E-state index in [0.717, 1.165) is 6.07 Å². The molecule has 0 saturated carbocycles. The molecule has 0 aromatic heterocycles. The van der Waals surface area contributed by atoms with E-state index in [9.17, 15) is 29.8 Å². The van der Waals surface area contributed by atoms with Crippen LogP contribution in [0, 0.1) is 20.2 Å². The molecule has 158 valence electrons. The lowest BCUT2D eigenvalue weighted by molar-refractivity contribution is -0.385. The van der Waals surface area contributed by atoms with Gasteiger partial charge in [-0.3, -0.25) is 25.0 Å². The maximum absolute atomic E-state index is 12.6. The molecule has 0 saturated heterocycles. The summed E-state index contributed by atoms with van der Waals surface area (Å²) in [5, 5.41) is 21.6. The van der Waals surface area contributed by atoms with Crippen LogP contribution in [0.4, 0.5) is 11.4 Å². The van der Waals surface area contributed by atoms with Gasteiger partial charge >= 0.3 is 5.97 Å². The SMILES string of the molecule is O=C(Oc1ccc2c(c1)OC(=Cc1ccc([N+](=O)[O-])cc1)C2=O)c1cccc([N+](=O)[O-])c1. The van der Waals surface area contributed by atoms with Crippen LogP contribution in [0.5, 0.6) is 11.5 Å². The first-order valence-electron chi connectivity index (χ1n) is 9.11. The Morgan fingerprint density at radius 3 is 2.31 bits per heavy atom. The van der Waals surface area contributed by atoms with Crippen molar-refractivity contribution in [2.75, 3.05) is 0 Å². The average Bonchev–Trinajstić information content (AvgIpc) is 3.08. The lowest BCUT2D eigenvalue weighted by Gasteiger charge is -2.05. The van der Waals surface area contributed by atoms with Gasteiger partial charge in [0.25, 0.3) is 11.4 Å². The fourth-order valence-electron chi connectivity index (χ4n) is 2.99. The summed E-state index contributed by atoms with van der Waals surface area (Å²) >= 11 is 0. The van der Waals surface area contributed by atoms with Gasteiger partial charge in [0.15, 0.2) is 5.76 Å². The van der Waals surface area contributed by atoms with Crippen molar-refractivity contribution in [3.05, 3.63) is 109 Å². The third-order valence-electron chi connectivity index (χ3n) is 4.55. The van der Waals surface area contributed by atoms with Crippen LogP contribution < -0.4 is 9.47 Å². The molecule has 1 aliphatic rings. The first kappa shape index (κ1) is 20.4. The number of nitro benzene ring substituents is 2. The molecule has 10 heteroatoms. The zero-order chi connectivity index (χ0) is 22.8. The van der Waals surface area contributed by atoms with Gasteiger partial charge in [-0.05, 0) is 42.0 Å². The van der Waals surface area contributed by atoms with Crippen LogP contribution in [0.3, 0.4) is 0 Å². The normalized spacial score (nSPS) is 13.4. The lowest BCUT2D eigenvalue weighted by Crippen LogP contribution is -2.08. The fraction of sp³-hybridized carbons (Fsp3) is 0. The Morgan fingerprint density at radius 2 is 1.62 bits per heavy atom. The van der Waals surface area contributed by atoms with Crippen molar-refractivity contribution in [1.29, 1.82) is 0 Å². The summed E-state index contributed by atoms with van der Waals surface area (Å²) in [6.45, 7) is 0. The van der Waals surface area contributed by atoms with E-state index in [-0.39, 0.29) is 39.8 Å². The van der Waals surface area contributed by atoms with Crippen molar-refractivity contribution in [3.63, 3.8) is 0 Å². The van der Waals surface area contributed by atoms with E-state index >= 15 is 0 Å². The number of nitro groups is 2. The molecule has 10 nitrogen and oxygen atoms in total. The van der Waals surface area contributed by atoms with Gasteiger partial charge in [0.1, 0.15) is 11.5 Å². The fourth-order valence-corrected chi connectivity index (χ4v) is 2.99. The smallest absolute Gasteiger partial charge is 0.343 e. The molecule has 0 unspecified atom stereocenters. The number of esters is 1. The highest BCUT2D eigenvalue weighted by atomic mass is 16.6. The summed E-state index contributed by atoms with van der Waals surface area (Å²) in [6.07, 6.45) is 1.45. The largest absolute Gasteiger partial charge is 0.452 e. The minimum absolute atomic E-state index is 0.00421. The monoisotopic (exact) mass is 432 g/mol. The Balaban J connectivity index is 1.52. The number of hydrogen-bond acceptors (Lipinski definition) is 8. The number of allylic oxidation sites excluding steroid dienone is 1. The average molecular weight is 432 g/mol. The van der Waals surface area contributed by atoms with E-state index < -0.39 is 21.6 Å². The van der Waals surface area contributed by atoms with Gasteiger partial charge in [-0.2, -0.15) is 0 Å². The Labute approximate surface area is 179 Å². The lowest BCUT2D eigenvalue weighted by atomic mass is 10.1. The molecule has 32 heavy (non-hydrogen) atoms. The number of nitrogens with zero attached hydrogens (tertiary/aromatic N) is 2. The molecule has 0 N–H and O–H groups in total. The van der Waals surface area contributed by atoms with E-state index in [1.807, 2.05) is 0 Å². The van der Waals surface area contributed by atoms with E-state index in [1.165, 1.54) is 66.7 Å². The van der Waals surface area contributed by atoms with Crippen molar-refractivity contribution in [3.8, 4) is 11.5 Å². The molecule has 0 radical (unpaired) electrons. The molecular weight excluding hydrogens is 420 g/mol. The molecule has 0 fully saturated rings. The second-order valence-corrected chi connectivity index (χ2v) is 6.64. The van der Waals surface area contributed by atoms with Crippen molar-refractivity contribution in [1.82, 2.24) is 0 Å². The molecule has 1 heterocycles. The van der Waals surface area contributed by atoms with Gasteiger partial charge in [0.2, 0.25) is 5.78 Å². The van der Waals surface area contributed by atoms with Crippen molar-refractivity contribution >= 4 is 29.2 Å². The van der Waals surface area contributed by atoms with Gasteiger partial charge in [0.05, 0.1) is 21.0 Å². The van der Waals surface area contributed by atoms with Crippen molar-refractivity contribution in [2.24, 2.45) is 0 Å². The van der Waals surface area contributed by atoms with E-state index in [2.05, 4.69) is 0 Å². The molecule has 0 atom stereocenters. The van der Waals surface area contributed by atoms with Crippen LogP contribution >= 0.6 is 0 Å². The van der Waals surface area contributed by atoms with Crippen LogP contribution in [0.1, 0.15) is 26.3 Å². The molecule has 0 amide bonds. The minimum Gasteiger partial charge on any atom is -0.452 e. The highest BCUT2D eigenvalue weighted by Crippen LogP contribution is 2.35. The van der Waals surface area contributed by atoms with Crippen molar-refractivity contribution in [2.45, 2.75) is 0 Å². The maximum Gasteiger partial charge on any atom is 0.343 e. The number of carbonyl (C=O) groups excluding carboxylic acids is 2. The maximum atomic E-state index is 12.6. The third-order valence-corrected chi connectivity index (χ3v) is 4.55. The summed E-state index contributed by atoms with van der Waals surface area (Å²) in [7, 11) is 0. The topological polar surface area (TPSA) is 139 Å². The quantitative estimate of drug-likeness (QED) is 0.191. The zero-order valence-electron chi connectivity index (χ0n) is 16.1. The molecule has 0 aliphatic carbocycles. The van der Waals surface area contributed by atoms with Gasteiger partial charge < -0.3 is 9.47 Å².